The van der Waals surface area contributed by atoms with Gasteiger partial charge in [-0.25, -0.2) is 4.79 Å². The van der Waals surface area contributed by atoms with Crippen molar-refractivity contribution < 1.29 is 36.4 Å². The third-order valence-corrected chi connectivity index (χ3v) is 10.5. The van der Waals surface area contributed by atoms with Crippen LogP contribution in [-0.4, -0.2) is 91.4 Å². The molecule has 0 fully saturated rings. The Hall–Kier alpha value is -1.30. The first-order valence-corrected chi connectivity index (χ1v) is 23.0. The van der Waals surface area contributed by atoms with Crippen LogP contribution in [0.4, 0.5) is 0 Å². The van der Waals surface area contributed by atoms with Crippen LogP contribution < -0.4 is 0 Å². The molecular formula is C25H43BrN2O8SSi2. The third kappa shape index (κ3) is 10.9. The number of hydrogen-bond donors (Lipinski definition) is 0. The van der Waals surface area contributed by atoms with Gasteiger partial charge in [0.25, 0.3) is 16.0 Å². The van der Waals surface area contributed by atoms with Crippen LogP contribution in [0.1, 0.15) is 23.0 Å². The van der Waals surface area contributed by atoms with Crippen LogP contribution in [0.15, 0.2) is 16.7 Å². The molecule has 0 aromatic carbocycles. The molecule has 222 valence electrons. The Balaban J connectivity index is 2.50. The summed E-state index contributed by atoms with van der Waals surface area (Å²) in [6.45, 7) is 16.5. The summed E-state index contributed by atoms with van der Waals surface area (Å²) in [5.74, 6) is -1.19. The molecule has 0 bridgehead atoms. The van der Waals surface area contributed by atoms with Gasteiger partial charge in [0.15, 0.2) is 6.10 Å². The molecule has 0 aliphatic carbocycles. The lowest BCUT2D eigenvalue weighted by molar-refractivity contribution is -0.148. The van der Waals surface area contributed by atoms with E-state index in [0.717, 1.165) is 18.3 Å². The molecule has 0 saturated carbocycles. The van der Waals surface area contributed by atoms with Gasteiger partial charge < -0.3 is 23.7 Å². The molecule has 0 spiro atoms. The van der Waals surface area contributed by atoms with Crippen molar-refractivity contribution in [3.8, 4) is 0 Å². The highest BCUT2D eigenvalue weighted by atomic mass is 79.9. The highest BCUT2D eigenvalue weighted by Gasteiger charge is 2.37. The van der Waals surface area contributed by atoms with Crippen LogP contribution in [-0.2, 0) is 40.0 Å². The van der Waals surface area contributed by atoms with Crippen LogP contribution in [0.5, 0.6) is 0 Å². The minimum Gasteiger partial charge on any atom is -0.464 e. The van der Waals surface area contributed by atoms with E-state index in [2.05, 4.69) is 55.2 Å². The monoisotopic (exact) mass is 666 g/mol. The predicted molar refractivity (Wildman–Crippen MR) is 161 cm³/mol. The molecule has 1 aromatic rings. The average molecular weight is 668 g/mol. The normalized spacial score (nSPS) is 15.6. The summed E-state index contributed by atoms with van der Waals surface area (Å²) in [4.78, 5) is 28.3. The number of aromatic nitrogens is 1. The Morgan fingerprint density at radius 3 is 2.13 bits per heavy atom. The van der Waals surface area contributed by atoms with E-state index in [-0.39, 0.29) is 43.8 Å². The Bertz CT molecular complexity index is 1160. The van der Waals surface area contributed by atoms with Crippen molar-refractivity contribution in [3.63, 3.8) is 0 Å². The number of carbonyl (C=O) groups excluding carboxylic acids is 2. The van der Waals surface area contributed by atoms with Crippen molar-refractivity contribution in [3.05, 3.63) is 28.0 Å². The van der Waals surface area contributed by atoms with E-state index in [9.17, 15) is 18.0 Å². The van der Waals surface area contributed by atoms with E-state index in [4.69, 9.17) is 18.4 Å². The number of hydrogen-bond acceptors (Lipinski definition) is 8. The van der Waals surface area contributed by atoms with Gasteiger partial charge in [0.05, 0.1) is 17.5 Å². The van der Waals surface area contributed by atoms with Crippen molar-refractivity contribution in [2.75, 3.05) is 39.4 Å². The molecule has 2 rings (SSSR count). The van der Waals surface area contributed by atoms with Crippen LogP contribution in [0.3, 0.4) is 0 Å². The minimum atomic E-state index is -4.04. The molecule has 2 heterocycles. The van der Waals surface area contributed by atoms with E-state index >= 15 is 0 Å². The maximum Gasteiger partial charge on any atom is 0.341 e. The summed E-state index contributed by atoms with van der Waals surface area (Å²) in [7, 11) is -6.69. The second-order valence-electron chi connectivity index (χ2n) is 12.0. The van der Waals surface area contributed by atoms with Gasteiger partial charge in [-0.3, -0.25) is 8.98 Å². The van der Waals surface area contributed by atoms with E-state index in [1.165, 1.54) is 4.90 Å². The van der Waals surface area contributed by atoms with Crippen molar-refractivity contribution >= 4 is 59.6 Å². The summed E-state index contributed by atoms with van der Waals surface area (Å²) in [5.41, 5.74) is 0.846. The fraction of sp³-hybridized carbons (Fsp3) is 0.680. The zero-order valence-electron chi connectivity index (χ0n) is 24.3. The summed E-state index contributed by atoms with van der Waals surface area (Å²) in [6, 6.07) is 3.58. The SMILES string of the molecule is CCOC(=O)C(OS(C)(=O)=O)C1=CCN(COCC[Si](C)(C)C)C(=O)c2c1cc(Br)n2COCC[Si](C)(C)C. The lowest BCUT2D eigenvalue weighted by Gasteiger charge is -2.23. The maximum absolute atomic E-state index is 13.9. The first-order chi connectivity index (χ1) is 17.9. The zero-order chi connectivity index (χ0) is 29.6. The molecular weight excluding hydrogens is 624 g/mol. The van der Waals surface area contributed by atoms with Gasteiger partial charge in [-0.1, -0.05) is 45.4 Å². The number of rotatable bonds is 15. The van der Waals surface area contributed by atoms with E-state index in [0.29, 0.717) is 23.4 Å². The molecule has 1 aliphatic rings. The van der Waals surface area contributed by atoms with Crippen molar-refractivity contribution in [2.45, 2.75) is 71.1 Å². The van der Waals surface area contributed by atoms with E-state index in [1.54, 1.807) is 23.6 Å². The molecule has 1 amide bonds. The van der Waals surface area contributed by atoms with Gasteiger partial charge in [-0.15, -0.1) is 0 Å². The predicted octanol–water partition coefficient (Wildman–Crippen LogP) is 4.62. The fourth-order valence-corrected chi connectivity index (χ4v) is 6.26. The lowest BCUT2D eigenvalue weighted by atomic mass is 10.0. The molecule has 1 atom stereocenters. The quantitative estimate of drug-likeness (QED) is 0.115. The fourth-order valence-electron chi connectivity index (χ4n) is 3.70. The largest absolute Gasteiger partial charge is 0.464 e. The Morgan fingerprint density at radius 1 is 1.05 bits per heavy atom. The smallest absolute Gasteiger partial charge is 0.341 e. The first-order valence-electron chi connectivity index (χ1n) is 13.0. The van der Waals surface area contributed by atoms with Crippen LogP contribution in [0.2, 0.25) is 51.4 Å². The van der Waals surface area contributed by atoms with Gasteiger partial charge in [-0.2, -0.15) is 8.42 Å². The Morgan fingerprint density at radius 2 is 1.62 bits per heavy atom. The first kappa shape index (κ1) is 33.9. The van der Waals surface area contributed by atoms with Crippen LogP contribution in [0, 0.1) is 0 Å². The number of carbonyl (C=O) groups is 2. The average Bonchev–Trinajstić information content (AvgIpc) is 3.03. The maximum atomic E-state index is 13.9. The van der Waals surface area contributed by atoms with Gasteiger partial charge in [0.1, 0.15) is 19.2 Å². The molecule has 1 unspecified atom stereocenters. The highest BCUT2D eigenvalue weighted by molar-refractivity contribution is 9.10. The lowest BCUT2D eigenvalue weighted by Crippen LogP contribution is -2.35. The number of halogens is 1. The number of ether oxygens (including phenoxy) is 3. The number of amides is 1. The second-order valence-corrected chi connectivity index (χ2v) is 25.6. The molecule has 0 N–H and O–H groups in total. The van der Waals surface area contributed by atoms with E-state index < -0.39 is 38.3 Å². The summed E-state index contributed by atoms with van der Waals surface area (Å²) >= 11 is 3.53. The van der Waals surface area contributed by atoms with Crippen molar-refractivity contribution in [1.29, 1.82) is 0 Å². The number of nitrogens with zero attached hydrogens (tertiary/aromatic N) is 2. The van der Waals surface area contributed by atoms with E-state index in [1.807, 2.05) is 0 Å². The molecule has 14 heteroatoms. The van der Waals surface area contributed by atoms with Crippen LogP contribution >= 0.6 is 15.9 Å². The van der Waals surface area contributed by atoms with Crippen molar-refractivity contribution in [1.82, 2.24) is 9.47 Å². The molecule has 0 radical (unpaired) electrons. The summed E-state index contributed by atoms with van der Waals surface area (Å²) in [6.07, 6.45) is 0.922. The highest BCUT2D eigenvalue weighted by Crippen LogP contribution is 2.34. The standard InChI is InChI=1S/C25H43BrN2O8SSi2/c1-9-35-25(30)23(36-37(2,31)32)19-10-11-27(17-33-12-14-38(3,4)5)24(29)22-20(19)16-21(26)28(22)18-34-13-15-39(6,7)8/h10,16,23H,9,11-15,17-18H2,1-8H3. The molecule has 1 aliphatic heterocycles. The molecule has 10 nitrogen and oxygen atoms in total. The Kier molecular flexibility index (Phi) is 12.2. The van der Waals surface area contributed by atoms with Crippen LogP contribution in [0.25, 0.3) is 5.57 Å². The van der Waals surface area contributed by atoms with Gasteiger partial charge in [0.2, 0.25) is 0 Å². The van der Waals surface area contributed by atoms with Gasteiger partial charge in [-0.05, 0) is 41.0 Å². The number of esters is 1. The Labute approximate surface area is 243 Å². The summed E-state index contributed by atoms with van der Waals surface area (Å²) < 4.78 is 48.7. The van der Waals surface area contributed by atoms with Gasteiger partial charge in [0, 0.05) is 47.0 Å². The second kappa shape index (κ2) is 14.1. The topological polar surface area (TPSA) is 113 Å². The number of fused-ring (bicyclic) bond motifs is 1. The van der Waals surface area contributed by atoms with Crippen molar-refractivity contribution in [2.24, 2.45) is 0 Å². The summed E-state index contributed by atoms with van der Waals surface area (Å²) in [5, 5.41) is 0. The molecule has 1 aromatic heterocycles. The molecule has 0 saturated heterocycles. The third-order valence-electron chi connectivity index (χ3n) is 5.89. The minimum absolute atomic E-state index is 0.0359. The van der Waals surface area contributed by atoms with Gasteiger partial charge >= 0.3 is 5.97 Å². The zero-order valence-corrected chi connectivity index (χ0v) is 28.7. The molecule has 39 heavy (non-hydrogen) atoms.